The van der Waals surface area contributed by atoms with Crippen molar-refractivity contribution in [2.45, 2.75) is 50.0 Å². The summed E-state index contributed by atoms with van der Waals surface area (Å²) in [4.78, 5) is 1.87. The molecule has 17 heavy (non-hydrogen) atoms. The van der Waals surface area contributed by atoms with Gasteiger partial charge in [0.1, 0.15) is 0 Å². The minimum Gasteiger partial charge on any atom is -0.391 e. The van der Waals surface area contributed by atoms with Crippen LogP contribution in [0.5, 0.6) is 0 Å². The molecule has 0 aromatic carbocycles. The molecule has 0 amide bonds. The van der Waals surface area contributed by atoms with Crippen molar-refractivity contribution >= 4 is 9.84 Å². The first-order valence-electron chi connectivity index (χ1n) is 6.19. The lowest BCUT2D eigenvalue weighted by molar-refractivity contribution is -0.00829. The number of likely N-dealkylation sites (N-methyl/N-ethyl adjacent to an activating group) is 1. The molecule has 100 valence electrons. The van der Waals surface area contributed by atoms with Crippen LogP contribution in [-0.2, 0) is 9.84 Å². The Balaban J connectivity index is 2.06. The van der Waals surface area contributed by atoms with Gasteiger partial charge in [-0.1, -0.05) is 12.8 Å². The number of aliphatic hydroxyl groups is 2. The quantitative estimate of drug-likeness (QED) is 0.694. The summed E-state index contributed by atoms with van der Waals surface area (Å²) in [5.74, 6) is -0.140. The Hall–Kier alpha value is -0.170. The van der Waals surface area contributed by atoms with Crippen LogP contribution in [0.2, 0.25) is 0 Å². The Labute approximate surface area is 102 Å². The van der Waals surface area contributed by atoms with Gasteiger partial charge in [0.15, 0.2) is 9.84 Å². The Bertz CT molecular complexity index is 370. The van der Waals surface area contributed by atoms with E-state index < -0.39 is 22.0 Å². The maximum Gasteiger partial charge on any atom is 0.154 e. The van der Waals surface area contributed by atoms with Crippen molar-refractivity contribution in [3.8, 4) is 0 Å². The van der Waals surface area contributed by atoms with Gasteiger partial charge in [-0.15, -0.1) is 0 Å². The van der Waals surface area contributed by atoms with E-state index in [1.165, 1.54) is 0 Å². The maximum absolute atomic E-state index is 11.5. The number of rotatable bonds is 2. The van der Waals surface area contributed by atoms with Crippen molar-refractivity contribution < 1.29 is 18.6 Å². The van der Waals surface area contributed by atoms with E-state index in [-0.39, 0.29) is 23.6 Å². The summed E-state index contributed by atoms with van der Waals surface area (Å²) >= 11 is 0. The van der Waals surface area contributed by atoms with Crippen molar-refractivity contribution in [3.63, 3.8) is 0 Å². The zero-order valence-electron chi connectivity index (χ0n) is 10.1. The summed E-state index contributed by atoms with van der Waals surface area (Å²) in [6.45, 7) is 0. The molecule has 0 spiro atoms. The second-order valence-corrected chi connectivity index (χ2v) is 7.45. The van der Waals surface area contributed by atoms with E-state index in [2.05, 4.69) is 0 Å². The predicted octanol–water partition coefficient (Wildman–Crippen LogP) is -0.620. The van der Waals surface area contributed by atoms with Crippen LogP contribution in [-0.4, -0.2) is 66.4 Å². The molecule has 2 rings (SSSR count). The van der Waals surface area contributed by atoms with Crippen molar-refractivity contribution in [3.05, 3.63) is 0 Å². The SMILES string of the molecule is CN(C1CCCCC1O)C1CS(=O)(=O)CC1O. The molecule has 2 N–H and O–H groups in total. The number of hydrogen-bond acceptors (Lipinski definition) is 5. The van der Waals surface area contributed by atoms with Gasteiger partial charge in [-0.3, -0.25) is 4.90 Å². The Morgan fingerprint density at radius 2 is 1.65 bits per heavy atom. The molecule has 0 aromatic heterocycles. The molecule has 2 fully saturated rings. The molecule has 0 bridgehead atoms. The molecule has 1 saturated carbocycles. The highest BCUT2D eigenvalue weighted by molar-refractivity contribution is 7.91. The van der Waals surface area contributed by atoms with Gasteiger partial charge in [-0.25, -0.2) is 8.42 Å². The third-order valence-electron chi connectivity index (χ3n) is 4.03. The van der Waals surface area contributed by atoms with E-state index in [9.17, 15) is 18.6 Å². The van der Waals surface area contributed by atoms with E-state index in [1.54, 1.807) is 0 Å². The van der Waals surface area contributed by atoms with Crippen molar-refractivity contribution in [2.75, 3.05) is 18.6 Å². The fraction of sp³-hybridized carbons (Fsp3) is 1.00. The minimum absolute atomic E-state index is 0.00782. The number of aliphatic hydroxyl groups excluding tert-OH is 2. The zero-order chi connectivity index (χ0) is 12.6. The van der Waals surface area contributed by atoms with Crippen molar-refractivity contribution in [1.82, 2.24) is 4.90 Å². The number of sulfone groups is 1. The number of nitrogens with zero attached hydrogens (tertiary/aromatic N) is 1. The van der Waals surface area contributed by atoms with E-state index in [4.69, 9.17) is 0 Å². The lowest BCUT2D eigenvalue weighted by atomic mass is 9.90. The normalized spacial score (nSPS) is 41.9. The highest BCUT2D eigenvalue weighted by atomic mass is 32.2. The summed E-state index contributed by atoms with van der Waals surface area (Å²) in [7, 11) is -1.31. The smallest absolute Gasteiger partial charge is 0.154 e. The lowest BCUT2D eigenvalue weighted by Crippen LogP contribution is -2.52. The van der Waals surface area contributed by atoms with Gasteiger partial charge in [0.2, 0.25) is 0 Å². The van der Waals surface area contributed by atoms with Crippen LogP contribution in [0.3, 0.4) is 0 Å². The average Bonchev–Trinajstić information content (AvgIpc) is 2.52. The molecule has 5 nitrogen and oxygen atoms in total. The van der Waals surface area contributed by atoms with Gasteiger partial charge in [0, 0.05) is 6.04 Å². The molecule has 1 aliphatic carbocycles. The Kier molecular flexibility index (Phi) is 3.77. The van der Waals surface area contributed by atoms with Crippen molar-refractivity contribution in [1.29, 1.82) is 0 Å². The van der Waals surface area contributed by atoms with Gasteiger partial charge in [0.05, 0.1) is 29.8 Å². The first-order chi connectivity index (χ1) is 7.91. The van der Waals surface area contributed by atoms with Gasteiger partial charge in [-0.05, 0) is 19.9 Å². The maximum atomic E-state index is 11.5. The average molecular weight is 263 g/mol. The Morgan fingerprint density at radius 3 is 2.18 bits per heavy atom. The third kappa shape index (κ3) is 2.81. The highest BCUT2D eigenvalue weighted by Gasteiger charge is 2.42. The highest BCUT2D eigenvalue weighted by Crippen LogP contribution is 2.27. The van der Waals surface area contributed by atoms with E-state index >= 15 is 0 Å². The second-order valence-electron chi connectivity index (χ2n) is 5.30. The Morgan fingerprint density at radius 1 is 1.00 bits per heavy atom. The predicted molar refractivity (Wildman–Crippen MR) is 64.5 cm³/mol. The summed E-state index contributed by atoms with van der Waals surface area (Å²) in [6.07, 6.45) is 2.51. The van der Waals surface area contributed by atoms with Crippen LogP contribution >= 0.6 is 0 Å². The summed E-state index contributed by atoms with van der Waals surface area (Å²) < 4.78 is 22.9. The second kappa shape index (κ2) is 4.84. The molecule has 4 atom stereocenters. The van der Waals surface area contributed by atoms with Crippen LogP contribution in [0.4, 0.5) is 0 Å². The first kappa shape index (κ1) is 13.3. The fourth-order valence-electron chi connectivity index (χ4n) is 3.01. The standard InChI is InChI=1S/C11H21NO4S/c1-12(8-4-2-3-5-10(8)13)9-6-17(15,16)7-11(9)14/h8-11,13-14H,2-7H2,1H3. The topological polar surface area (TPSA) is 77.8 Å². The fourth-order valence-corrected chi connectivity index (χ4v) is 4.87. The van der Waals surface area contributed by atoms with Gasteiger partial charge >= 0.3 is 0 Å². The lowest BCUT2D eigenvalue weighted by Gasteiger charge is -2.39. The molecule has 2 aliphatic rings. The molecule has 1 heterocycles. The van der Waals surface area contributed by atoms with Gasteiger partial charge < -0.3 is 10.2 Å². The molecular weight excluding hydrogens is 242 g/mol. The van der Waals surface area contributed by atoms with E-state index in [0.29, 0.717) is 0 Å². The molecule has 0 aromatic rings. The monoisotopic (exact) mass is 263 g/mol. The van der Waals surface area contributed by atoms with Gasteiger partial charge in [-0.2, -0.15) is 0 Å². The van der Waals surface area contributed by atoms with Crippen LogP contribution in [0.15, 0.2) is 0 Å². The van der Waals surface area contributed by atoms with E-state index in [1.807, 2.05) is 11.9 Å². The van der Waals surface area contributed by atoms with Gasteiger partial charge in [0.25, 0.3) is 0 Å². The van der Waals surface area contributed by atoms with Crippen LogP contribution < -0.4 is 0 Å². The molecule has 1 aliphatic heterocycles. The molecule has 0 radical (unpaired) electrons. The van der Waals surface area contributed by atoms with Crippen LogP contribution in [0.1, 0.15) is 25.7 Å². The third-order valence-corrected chi connectivity index (χ3v) is 5.73. The summed E-state index contributed by atoms with van der Waals surface area (Å²) in [5.41, 5.74) is 0. The molecule has 4 unspecified atom stereocenters. The zero-order valence-corrected chi connectivity index (χ0v) is 10.9. The molecule has 6 heteroatoms. The molecular formula is C11H21NO4S. The minimum atomic E-state index is -3.12. The number of hydrogen-bond donors (Lipinski definition) is 2. The summed E-state index contributed by atoms with van der Waals surface area (Å²) in [5, 5.41) is 19.8. The van der Waals surface area contributed by atoms with E-state index in [0.717, 1.165) is 25.7 Å². The largest absolute Gasteiger partial charge is 0.391 e. The van der Waals surface area contributed by atoms with Crippen LogP contribution in [0, 0.1) is 0 Å². The first-order valence-corrected chi connectivity index (χ1v) is 8.01. The van der Waals surface area contributed by atoms with Crippen LogP contribution in [0.25, 0.3) is 0 Å². The summed E-state index contributed by atoms with van der Waals surface area (Å²) in [6, 6.07) is -0.380. The molecule has 1 saturated heterocycles. The van der Waals surface area contributed by atoms with Crippen molar-refractivity contribution in [2.24, 2.45) is 0 Å².